The number of nitrogens with one attached hydrogen (secondary N) is 1. The number of piperidine rings is 1. The van der Waals surface area contributed by atoms with Crippen molar-refractivity contribution in [1.82, 2.24) is 9.88 Å². The maximum atomic E-state index is 12.7. The minimum absolute atomic E-state index is 0.260. The number of aromatic nitrogens is 1. The van der Waals surface area contributed by atoms with Crippen LogP contribution in [0.4, 0.5) is 19.0 Å². The van der Waals surface area contributed by atoms with E-state index in [1.165, 1.54) is 5.56 Å². The molecule has 0 bridgehead atoms. The lowest BCUT2D eigenvalue weighted by molar-refractivity contribution is -0.0596. The van der Waals surface area contributed by atoms with E-state index in [1.54, 1.807) is 0 Å². The van der Waals surface area contributed by atoms with Gasteiger partial charge in [-0.1, -0.05) is 12.2 Å². The summed E-state index contributed by atoms with van der Waals surface area (Å²) in [5.41, 5.74) is 1.85. The van der Waals surface area contributed by atoms with Gasteiger partial charge in [0.05, 0.1) is 0 Å². The molecule has 1 fully saturated rings. The van der Waals surface area contributed by atoms with E-state index in [0.717, 1.165) is 37.3 Å². The van der Waals surface area contributed by atoms with Gasteiger partial charge in [-0.3, -0.25) is 0 Å². The van der Waals surface area contributed by atoms with Crippen LogP contribution in [0.2, 0.25) is 0 Å². The zero-order chi connectivity index (χ0) is 21.7. The third-order valence-electron chi connectivity index (χ3n) is 5.52. The summed E-state index contributed by atoms with van der Waals surface area (Å²) in [5.74, 6) is 7.41. The molecule has 3 N–H and O–H groups in total. The maximum Gasteiger partial charge on any atom is 0.431 e. The number of allylic oxidation sites excluding steroid dienone is 1. The average molecular weight is 421 g/mol. The van der Waals surface area contributed by atoms with Crippen LogP contribution in [0.15, 0.2) is 32.6 Å². The Bertz CT molecular complexity index is 885. The number of H-pyrrole nitrogens is 1. The highest BCUT2D eigenvalue weighted by Gasteiger charge is 2.38. The van der Waals surface area contributed by atoms with E-state index in [9.17, 15) is 13.2 Å². The van der Waals surface area contributed by atoms with Crippen molar-refractivity contribution >= 4 is 35.9 Å². The molecule has 1 aromatic heterocycles. The normalized spacial score (nSPS) is 18.8. The molecule has 0 unspecified atom stereocenters. The maximum absolute atomic E-state index is 12.7. The van der Waals surface area contributed by atoms with Crippen molar-refractivity contribution in [2.24, 2.45) is 26.1 Å². The molecule has 7 nitrogen and oxygen atoms in total. The number of nitrogens with zero attached hydrogens (tertiary/aromatic N) is 5. The Hall–Kier alpha value is -2.91. The average Bonchev–Trinajstić information content (AvgIpc) is 3.36. The molecule has 10 heteroatoms. The first-order chi connectivity index (χ1) is 14.4. The van der Waals surface area contributed by atoms with Crippen molar-refractivity contribution in [2.75, 3.05) is 13.1 Å². The lowest BCUT2D eigenvalue weighted by Crippen LogP contribution is -2.38. The Labute approximate surface area is 173 Å². The van der Waals surface area contributed by atoms with E-state index in [1.807, 2.05) is 25.3 Å². The molecule has 1 saturated heterocycles. The Morgan fingerprint density at radius 2 is 2.10 bits per heavy atom. The monoisotopic (exact) mass is 421 g/mol. The zero-order valence-corrected chi connectivity index (χ0v) is 16.9. The fourth-order valence-electron chi connectivity index (χ4n) is 3.95. The van der Waals surface area contributed by atoms with E-state index in [0.29, 0.717) is 30.3 Å². The number of hydrogen-bond donors (Lipinski definition) is 2. The molecule has 0 aromatic carbocycles. The van der Waals surface area contributed by atoms with Crippen molar-refractivity contribution < 1.29 is 13.2 Å². The lowest BCUT2D eigenvalue weighted by Gasteiger charge is -2.34. The Kier molecular flexibility index (Phi) is 6.73. The minimum Gasteiger partial charge on any atom is -0.359 e. The van der Waals surface area contributed by atoms with Crippen LogP contribution >= 0.6 is 0 Å². The van der Waals surface area contributed by atoms with Crippen LogP contribution in [0.25, 0.3) is 6.08 Å². The molecule has 0 radical (unpaired) electrons. The zero-order valence-electron chi connectivity index (χ0n) is 16.9. The summed E-state index contributed by atoms with van der Waals surface area (Å²) in [6.07, 6.45) is 3.96. The number of aliphatic imine (C=N–C) groups is 1. The summed E-state index contributed by atoms with van der Waals surface area (Å²) < 4.78 is 38.1. The first kappa shape index (κ1) is 21.8. The first-order valence-electron chi connectivity index (χ1n) is 9.89. The molecule has 1 aromatic rings. The summed E-state index contributed by atoms with van der Waals surface area (Å²) >= 11 is 0. The predicted octanol–water partition coefficient (Wildman–Crippen LogP) is 4.37. The number of amidine groups is 1. The van der Waals surface area contributed by atoms with Gasteiger partial charge < -0.3 is 15.7 Å². The second-order valence-electron chi connectivity index (χ2n) is 7.36. The molecule has 2 aliphatic rings. The first-order valence-corrected chi connectivity index (χ1v) is 9.89. The minimum atomic E-state index is -4.43. The summed E-state index contributed by atoms with van der Waals surface area (Å²) in [5, 5.41) is 10.8. The van der Waals surface area contributed by atoms with E-state index in [-0.39, 0.29) is 6.42 Å². The van der Waals surface area contributed by atoms with Gasteiger partial charge in [0.2, 0.25) is 0 Å². The Morgan fingerprint density at radius 1 is 1.37 bits per heavy atom. The molecule has 3 heterocycles. The van der Waals surface area contributed by atoms with Crippen molar-refractivity contribution in [3.63, 3.8) is 0 Å². The van der Waals surface area contributed by atoms with Crippen LogP contribution in [0.3, 0.4) is 0 Å². The number of alkyl halides is 3. The molecule has 0 amide bonds. The highest BCUT2D eigenvalue weighted by Crippen LogP contribution is 2.35. The van der Waals surface area contributed by atoms with E-state index >= 15 is 0 Å². The molecule has 0 saturated carbocycles. The number of hydrazone groups is 1. The topological polar surface area (TPSA) is 94.5 Å². The molecule has 162 valence electrons. The van der Waals surface area contributed by atoms with Gasteiger partial charge in [0.15, 0.2) is 0 Å². The number of aromatic amines is 1. The summed E-state index contributed by atoms with van der Waals surface area (Å²) in [6.45, 7) is 7.13. The van der Waals surface area contributed by atoms with Gasteiger partial charge in [0.1, 0.15) is 17.4 Å². The van der Waals surface area contributed by atoms with E-state index in [2.05, 4.69) is 36.9 Å². The summed E-state index contributed by atoms with van der Waals surface area (Å²) in [7, 11) is 0. The van der Waals surface area contributed by atoms with Gasteiger partial charge in [-0.25, -0.2) is 4.99 Å². The van der Waals surface area contributed by atoms with Crippen molar-refractivity contribution in [3.8, 4) is 0 Å². The number of hydrogen-bond acceptors (Lipinski definition) is 5. The number of rotatable bonds is 6. The molecule has 2 aliphatic heterocycles. The smallest absolute Gasteiger partial charge is 0.359 e. The SMILES string of the molecule is C=Nc1[nH]cc(C2CCN(/C(CCC3=NN=C(C(F)(F)F)C3)=N/N)CC2)c1/C=C\C. The fourth-order valence-corrected chi connectivity index (χ4v) is 3.95. The molecule has 0 spiro atoms. The highest BCUT2D eigenvalue weighted by molar-refractivity contribution is 6.10. The lowest BCUT2D eigenvalue weighted by atomic mass is 9.88. The molecule has 0 aliphatic carbocycles. The van der Waals surface area contributed by atoms with Crippen molar-refractivity contribution in [1.29, 1.82) is 0 Å². The van der Waals surface area contributed by atoms with Crippen LogP contribution < -0.4 is 5.84 Å². The van der Waals surface area contributed by atoms with Crippen LogP contribution in [-0.4, -0.2) is 53.1 Å². The quantitative estimate of drug-likeness (QED) is 0.309. The van der Waals surface area contributed by atoms with Gasteiger partial charge >= 0.3 is 6.18 Å². The second kappa shape index (κ2) is 9.27. The van der Waals surface area contributed by atoms with Crippen molar-refractivity contribution in [2.45, 2.75) is 51.1 Å². The van der Waals surface area contributed by atoms with Gasteiger partial charge in [-0.15, -0.1) is 0 Å². The molecule has 30 heavy (non-hydrogen) atoms. The van der Waals surface area contributed by atoms with Crippen LogP contribution in [-0.2, 0) is 0 Å². The summed E-state index contributed by atoms with van der Waals surface area (Å²) in [4.78, 5) is 9.33. The van der Waals surface area contributed by atoms with Gasteiger partial charge in [0.25, 0.3) is 0 Å². The molecular formula is C20H26F3N7. The van der Waals surface area contributed by atoms with Crippen LogP contribution in [0.1, 0.15) is 56.1 Å². The van der Waals surface area contributed by atoms with Gasteiger partial charge in [0, 0.05) is 43.4 Å². The van der Waals surface area contributed by atoms with Crippen molar-refractivity contribution in [3.05, 3.63) is 23.4 Å². The Balaban J connectivity index is 1.54. The van der Waals surface area contributed by atoms with E-state index in [4.69, 9.17) is 5.84 Å². The molecule has 0 atom stereocenters. The van der Waals surface area contributed by atoms with E-state index < -0.39 is 11.9 Å². The highest BCUT2D eigenvalue weighted by atomic mass is 19.4. The van der Waals surface area contributed by atoms with Gasteiger partial charge in [-0.05, 0) is 44.4 Å². The molecule has 3 rings (SSSR count). The number of likely N-dealkylation sites (tertiary alicyclic amines) is 1. The standard InChI is InChI=1S/C20H26F3N7/c1-3-4-15-16(12-26-19(15)25-2)13-7-9-30(10-8-13)18(27-24)6-5-14-11-17(29-28-14)20(21,22)23/h3-4,12-13,26H,2,5-11,24H2,1H3/b4-3-,27-18+. The Morgan fingerprint density at radius 3 is 2.67 bits per heavy atom. The predicted molar refractivity (Wildman–Crippen MR) is 115 cm³/mol. The number of nitrogens with two attached hydrogens (primary N) is 1. The summed E-state index contributed by atoms with van der Waals surface area (Å²) in [6, 6.07) is 0. The second-order valence-corrected chi connectivity index (χ2v) is 7.36. The third kappa shape index (κ3) is 4.80. The van der Waals surface area contributed by atoms with Crippen LogP contribution in [0.5, 0.6) is 0 Å². The number of halogens is 3. The van der Waals surface area contributed by atoms with Gasteiger partial charge in [-0.2, -0.15) is 28.5 Å². The fraction of sp³-hybridized carbons (Fsp3) is 0.500. The van der Waals surface area contributed by atoms with Crippen LogP contribution in [0, 0.1) is 0 Å². The molecular weight excluding hydrogens is 395 g/mol. The third-order valence-corrected chi connectivity index (χ3v) is 5.52. The largest absolute Gasteiger partial charge is 0.431 e.